The van der Waals surface area contributed by atoms with Gasteiger partial charge in [-0.1, -0.05) is 23.2 Å². The van der Waals surface area contributed by atoms with Crippen LogP contribution in [0.25, 0.3) is 0 Å². The van der Waals surface area contributed by atoms with Gasteiger partial charge in [-0.2, -0.15) is 0 Å². The van der Waals surface area contributed by atoms with Gasteiger partial charge in [0, 0.05) is 27.2 Å². The lowest BCUT2D eigenvalue weighted by Crippen LogP contribution is -2.31. The number of halogens is 2. The second-order valence-corrected chi connectivity index (χ2v) is 7.28. The first kappa shape index (κ1) is 17.3. The van der Waals surface area contributed by atoms with E-state index in [1.165, 1.54) is 22.0 Å². The zero-order chi connectivity index (χ0) is 15.5. The van der Waals surface area contributed by atoms with Crippen molar-refractivity contribution in [1.29, 1.82) is 0 Å². The van der Waals surface area contributed by atoms with Crippen LogP contribution in [-0.2, 0) is 17.1 Å². The molecule has 0 saturated carbocycles. The lowest BCUT2D eigenvalue weighted by molar-refractivity contribution is 0.0945. The third-order valence-electron chi connectivity index (χ3n) is 2.85. The number of rotatable bonds is 6. The molecule has 1 aromatic heterocycles. The van der Waals surface area contributed by atoms with E-state index < -0.39 is 10.0 Å². The molecule has 1 heterocycles. The predicted molar refractivity (Wildman–Crippen MR) is 79.9 cm³/mol. The van der Waals surface area contributed by atoms with Crippen LogP contribution < -0.4 is 5.32 Å². The lowest BCUT2D eigenvalue weighted by Gasteiger charge is -2.13. The number of nitrogens with zero attached hydrogens (tertiary/aromatic N) is 2. The van der Waals surface area contributed by atoms with Crippen molar-refractivity contribution < 1.29 is 13.2 Å². The van der Waals surface area contributed by atoms with Crippen LogP contribution in [-0.4, -0.2) is 49.6 Å². The number of aromatic nitrogens is 1. The number of carbonyl (C=O) groups excluding carboxylic acids is 1. The molecular weight excluding hydrogens is 325 g/mol. The van der Waals surface area contributed by atoms with Crippen LogP contribution in [0.3, 0.4) is 0 Å². The van der Waals surface area contributed by atoms with Crippen molar-refractivity contribution in [3.05, 3.63) is 21.9 Å². The molecule has 0 saturated heterocycles. The Balaban J connectivity index is 2.47. The molecule has 1 rings (SSSR count). The number of sulfonamides is 1. The number of hydrogen-bond acceptors (Lipinski definition) is 3. The van der Waals surface area contributed by atoms with Gasteiger partial charge in [-0.3, -0.25) is 4.79 Å². The van der Waals surface area contributed by atoms with Gasteiger partial charge in [-0.15, -0.1) is 0 Å². The summed E-state index contributed by atoms with van der Waals surface area (Å²) < 4.78 is 25.1. The molecule has 9 heteroatoms. The maximum absolute atomic E-state index is 11.9. The van der Waals surface area contributed by atoms with Crippen LogP contribution >= 0.6 is 23.2 Å². The Morgan fingerprint density at radius 3 is 2.50 bits per heavy atom. The minimum atomic E-state index is -3.18. The van der Waals surface area contributed by atoms with Crippen LogP contribution in [0, 0.1) is 0 Å². The normalized spacial score (nSPS) is 11.9. The van der Waals surface area contributed by atoms with Crippen LogP contribution in [0.5, 0.6) is 0 Å². The van der Waals surface area contributed by atoms with Crippen molar-refractivity contribution >= 4 is 39.1 Å². The third-order valence-corrected chi connectivity index (χ3v) is 5.01. The second kappa shape index (κ2) is 6.80. The Hall–Kier alpha value is -0.760. The number of nitrogens with one attached hydrogen (secondary N) is 1. The lowest BCUT2D eigenvalue weighted by atomic mass is 10.3. The molecule has 0 aliphatic heterocycles. The molecule has 0 aliphatic carbocycles. The maximum atomic E-state index is 11.9. The summed E-state index contributed by atoms with van der Waals surface area (Å²) in [6, 6.07) is 1.49. The minimum Gasteiger partial charge on any atom is -0.351 e. The summed E-state index contributed by atoms with van der Waals surface area (Å²) >= 11 is 11.7. The molecule has 1 N–H and O–H groups in total. The monoisotopic (exact) mass is 341 g/mol. The SMILES string of the molecule is CN(CCCNC(=O)c1cc(Cl)c(Cl)n1C)S(C)(=O)=O. The highest BCUT2D eigenvalue weighted by atomic mass is 35.5. The Labute approximate surface area is 128 Å². The molecule has 0 radical (unpaired) electrons. The Kier molecular flexibility index (Phi) is 5.88. The predicted octanol–water partition coefficient (Wildman–Crippen LogP) is 1.34. The van der Waals surface area contributed by atoms with Gasteiger partial charge in [0.15, 0.2) is 0 Å². The summed E-state index contributed by atoms with van der Waals surface area (Å²) in [7, 11) is -0.0497. The minimum absolute atomic E-state index is 0.300. The van der Waals surface area contributed by atoms with Crippen molar-refractivity contribution in [2.75, 3.05) is 26.4 Å². The average Bonchev–Trinajstić information content (AvgIpc) is 2.60. The quantitative estimate of drug-likeness (QED) is 0.793. The zero-order valence-corrected chi connectivity index (χ0v) is 13.8. The highest BCUT2D eigenvalue weighted by Crippen LogP contribution is 2.24. The molecule has 114 valence electrons. The van der Waals surface area contributed by atoms with Crippen molar-refractivity contribution in [3.63, 3.8) is 0 Å². The van der Waals surface area contributed by atoms with Gasteiger partial charge in [0.1, 0.15) is 10.8 Å². The molecule has 20 heavy (non-hydrogen) atoms. The molecule has 0 unspecified atom stereocenters. The van der Waals surface area contributed by atoms with Gasteiger partial charge in [-0.05, 0) is 12.5 Å². The first-order valence-electron chi connectivity index (χ1n) is 5.85. The molecule has 0 aromatic carbocycles. The van der Waals surface area contributed by atoms with Crippen LogP contribution in [0.1, 0.15) is 16.9 Å². The zero-order valence-electron chi connectivity index (χ0n) is 11.5. The molecule has 0 fully saturated rings. The summed E-state index contributed by atoms with van der Waals surface area (Å²) in [5.41, 5.74) is 0.358. The third kappa shape index (κ3) is 4.37. The first-order chi connectivity index (χ1) is 9.14. The summed E-state index contributed by atoms with van der Waals surface area (Å²) in [5, 5.41) is 3.30. The van der Waals surface area contributed by atoms with Gasteiger partial charge < -0.3 is 9.88 Å². The van der Waals surface area contributed by atoms with Crippen LogP contribution in [0.15, 0.2) is 6.07 Å². The summed E-state index contributed by atoms with van der Waals surface area (Å²) in [6.45, 7) is 0.701. The number of hydrogen-bond donors (Lipinski definition) is 1. The van der Waals surface area contributed by atoms with E-state index in [1.807, 2.05) is 0 Å². The molecular formula is C11H17Cl2N3O3S. The molecule has 1 aromatic rings. The Morgan fingerprint density at radius 1 is 1.45 bits per heavy atom. The van der Waals surface area contributed by atoms with Crippen molar-refractivity contribution in [3.8, 4) is 0 Å². The molecule has 0 atom stereocenters. The summed E-state index contributed by atoms with van der Waals surface area (Å²) in [6.07, 6.45) is 1.65. The largest absolute Gasteiger partial charge is 0.351 e. The van der Waals surface area contributed by atoms with Gasteiger partial charge in [0.05, 0.1) is 11.3 Å². The molecule has 1 amide bonds. The van der Waals surface area contributed by atoms with E-state index >= 15 is 0 Å². The Morgan fingerprint density at radius 2 is 2.05 bits per heavy atom. The average molecular weight is 342 g/mol. The summed E-state index contributed by atoms with van der Waals surface area (Å²) in [5.74, 6) is -0.302. The molecule has 0 aliphatic rings. The van der Waals surface area contributed by atoms with E-state index in [-0.39, 0.29) is 5.91 Å². The maximum Gasteiger partial charge on any atom is 0.267 e. The second-order valence-electron chi connectivity index (χ2n) is 4.42. The molecule has 6 nitrogen and oxygen atoms in total. The van der Waals surface area contributed by atoms with E-state index in [0.29, 0.717) is 35.4 Å². The van der Waals surface area contributed by atoms with E-state index in [9.17, 15) is 13.2 Å². The smallest absolute Gasteiger partial charge is 0.267 e. The van der Waals surface area contributed by atoms with E-state index in [1.54, 1.807) is 7.05 Å². The Bertz CT molecular complexity index is 598. The van der Waals surface area contributed by atoms with Gasteiger partial charge in [0.2, 0.25) is 10.0 Å². The highest BCUT2D eigenvalue weighted by Gasteiger charge is 2.15. The standard InChI is InChI=1S/C11H17Cl2N3O3S/c1-15(20(3,18)19)6-4-5-14-11(17)9-7-8(12)10(13)16(9)2/h7H,4-6H2,1-3H3,(H,14,17). The molecule has 0 spiro atoms. The van der Waals surface area contributed by atoms with Crippen LogP contribution in [0.4, 0.5) is 0 Å². The fourth-order valence-electron chi connectivity index (χ4n) is 1.52. The van der Waals surface area contributed by atoms with Gasteiger partial charge in [-0.25, -0.2) is 12.7 Å². The van der Waals surface area contributed by atoms with E-state index in [2.05, 4.69) is 5.32 Å². The highest BCUT2D eigenvalue weighted by molar-refractivity contribution is 7.88. The fraction of sp³-hybridized carbons (Fsp3) is 0.545. The number of amides is 1. The first-order valence-corrected chi connectivity index (χ1v) is 8.45. The van der Waals surface area contributed by atoms with Gasteiger partial charge in [0.25, 0.3) is 5.91 Å². The van der Waals surface area contributed by atoms with E-state index in [0.717, 1.165) is 6.26 Å². The number of carbonyl (C=O) groups is 1. The topological polar surface area (TPSA) is 71.4 Å². The van der Waals surface area contributed by atoms with Crippen molar-refractivity contribution in [1.82, 2.24) is 14.2 Å². The van der Waals surface area contributed by atoms with Crippen LogP contribution in [0.2, 0.25) is 10.2 Å². The molecule has 0 bridgehead atoms. The fourth-order valence-corrected chi connectivity index (χ4v) is 2.36. The van der Waals surface area contributed by atoms with Crippen molar-refractivity contribution in [2.45, 2.75) is 6.42 Å². The van der Waals surface area contributed by atoms with E-state index in [4.69, 9.17) is 23.2 Å². The van der Waals surface area contributed by atoms with Crippen molar-refractivity contribution in [2.24, 2.45) is 7.05 Å². The summed E-state index contributed by atoms with van der Waals surface area (Å²) in [4.78, 5) is 11.9. The van der Waals surface area contributed by atoms with Gasteiger partial charge >= 0.3 is 0 Å².